The summed E-state index contributed by atoms with van der Waals surface area (Å²) in [5, 5.41) is 0.346. The second kappa shape index (κ2) is 5.86. The van der Waals surface area contributed by atoms with E-state index in [0.29, 0.717) is 10.8 Å². The van der Waals surface area contributed by atoms with Gasteiger partial charge in [-0.1, -0.05) is 41.9 Å². The molecule has 0 saturated carbocycles. The summed E-state index contributed by atoms with van der Waals surface area (Å²) in [7, 11) is 1.84. The van der Waals surface area contributed by atoms with Crippen LogP contribution in [0.2, 0.25) is 5.15 Å². The molecule has 0 aliphatic heterocycles. The third-order valence-corrected chi connectivity index (χ3v) is 4.27. The summed E-state index contributed by atoms with van der Waals surface area (Å²) in [6, 6.07) is 13.6. The number of hydrogen-bond acceptors (Lipinski definition) is 2. The Morgan fingerprint density at radius 1 is 1.24 bits per heavy atom. The van der Waals surface area contributed by atoms with Gasteiger partial charge in [0.1, 0.15) is 10.8 Å². The number of nitrogens with zero attached hydrogens (tertiary/aromatic N) is 2. The van der Waals surface area contributed by atoms with E-state index in [1.807, 2.05) is 13.1 Å². The van der Waals surface area contributed by atoms with Gasteiger partial charge in [0, 0.05) is 7.05 Å². The summed E-state index contributed by atoms with van der Waals surface area (Å²) < 4.78 is 0. The van der Waals surface area contributed by atoms with Gasteiger partial charge in [-0.25, -0.2) is 4.98 Å². The first-order valence-corrected chi connectivity index (χ1v) is 7.52. The molecule has 21 heavy (non-hydrogen) atoms. The van der Waals surface area contributed by atoms with E-state index in [4.69, 9.17) is 11.6 Å². The highest BCUT2D eigenvalue weighted by Crippen LogP contribution is 2.34. The standard InChI is InChI=1S/C17H17ClN2O/c1-20(17(21)14-9-5-11-16(18)19-14)15-10-4-7-12-6-2-3-8-13(12)15/h2-3,5-6,8-9,11,15H,4,7,10H2,1H3. The highest BCUT2D eigenvalue weighted by molar-refractivity contribution is 6.29. The largest absolute Gasteiger partial charge is 0.333 e. The smallest absolute Gasteiger partial charge is 0.272 e. The number of benzene rings is 1. The molecule has 0 saturated heterocycles. The average molecular weight is 301 g/mol. The first kappa shape index (κ1) is 14.1. The Bertz CT molecular complexity index is 671. The lowest BCUT2D eigenvalue weighted by Gasteiger charge is -2.33. The zero-order valence-corrected chi connectivity index (χ0v) is 12.7. The molecule has 1 aromatic heterocycles. The number of hydrogen-bond donors (Lipinski definition) is 0. The van der Waals surface area contributed by atoms with Crippen molar-refractivity contribution in [1.82, 2.24) is 9.88 Å². The van der Waals surface area contributed by atoms with Gasteiger partial charge >= 0.3 is 0 Å². The molecule has 1 heterocycles. The number of aromatic nitrogens is 1. The van der Waals surface area contributed by atoms with Gasteiger partial charge in [0.25, 0.3) is 5.91 Å². The number of rotatable bonds is 2. The van der Waals surface area contributed by atoms with E-state index in [1.165, 1.54) is 11.1 Å². The second-order valence-electron chi connectivity index (χ2n) is 5.37. The minimum absolute atomic E-state index is 0.0841. The molecule has 0 bridgehead atoms. The van der Waals surface area contributed by atoms with Crippen LogP contribution in [0.4, 0.5) is 0 Å². The molecule has 0 N–H and O–H groups in total. The van der Waals surface area contributed by atoms with Crippen LogP contribution >= 0.6 is 11.6 Å². The van der Waals surface area contributed by atoms with Crippen molar-refractivity contribution >= 4 is 17.5 Å². The summed E-state index contributed by atoms with van der Waals surface area (Å²) in [6.45, 7) is 0. The molecule has 2 aromatic rings. The Balaban J connectivity index is 1.89. The summed E-state index contributed by atoms with van der Waals surface area (Å²) in [4.78, 5) is 18.5. The van der Waals surface area contributed by atoms with Gasteiger partial charge in [-0.3, -0.25) is 4.79 Å². The van der Waals surface area contributed by atoms with Crippen LogP contribution in [0.5, 0.6) is 0 Å². The molecule has 4 heteroatoms. The Morgan fingerprint density at radius 2 is 2.05 bits per heavy atom. The van der Waals surface area contributed by atoms with Crippen molar-refractivity contribution in [2.24, 2.45) is 0 Å². The predicted molar refractivity (Wildman–Crippen MR) is 83.5 cm³/mol. The third kappa shape index (κ3) is 2.79. The molecular formula is C17H17ClN2O. The number of fused-ring (bicyclic) bond motifs is 1. The fourth-order valence-corrected chi connectivity index (χ4v) is 3.14. The lowest BCUT2D eigenvalue weighted by molar-refractivity contribution is 0.0709. The van der Waals surface area contributed by atoms with Crippen molar-refractivity contribution in [1.29, 1.82) is 0 Å². The molecule has 1 aliphatic carbocycles. The quantitative estimate of drug-likeness (QED) is 0.789. The number of halogens is 1. The van der Waals surface area contributed by atoms with E-state index in [2.05, 4.69) is 23.2 Å². The Labute approximate surface area is 129 Å². The minimum Gasteiger partial charge on any atom is -0.333 e. The molecule has 0 radical (unpaired) electrons. The van der Waals surface area contributed by atoms with E-state index < -0.39 is 0 Å². The molecular weight excluding hydrogens is 284 g/mol. The van der Waals surface area contributed by atoms with Crippen LogP contribution in [0.25, 0.3) is 0 Å². The van der Waals surface area contributed by atoms with Gasteiger partial charge in [0.2, 0.25) is 0 Å². The van der Waals surface area contributed by atoms with Crippen LogP contribution < -0.4 is 0 Å². The van der Waals surface area contributed by atoms with Crippen LogP contribution in [-0.2, 0) is 6.42 Å². The first-order valence-electron chi connectivity index (χ1n) is 7.14. The number of amides is 1. The van der Waals surface area contributed by atoms with Gasteiger partial charge in [-0.15, -0.1) is 0 Å². The number of carbonyl (C=O) groups excluding carboxylic acids is 1. The molecule has 0 fully saturated rings. The predicted octanol–water partition coefficient (Wildman–Crippen LogP) is 3.88. The van der Waals surface area contributed by atoms with Crippen molar-refractivity contribution in [2.75, 3.05) is 7.05 Å². The van der Waals surface area contributed by atoms with Crippen molar-refractivity contribution < 1.29 is 4.79 Å². The summed E-state index contributed by atoms with van der Waals surface area (Å²) in [5.74, 6) is -0.0841. The van der Waals surface area contributed by atoms with Gasteiger partial charge < -0.3 is 4.90 Å². The highest BCUT2D eigenvalue weighted by Gasteiger charge is 2.27. The fourth-order valence-electron chi connectivity index (χ4n) is 2.98. The van der Waals surface area contributed by atoms with E-state index in [0.717, 1.165) is 19.3 Å². The monoisotopic (exact) mass is 300 g/mol. The molecule has 3 rings (SSSR count). The maximum absolute atomic E-state index is 12.6. The van der Waals surface area contributed by atoms with Gasteiger partial charge in [0.05, 0.1) is 6.04 Å². The zero-order chi connectivity index (χ0) is 14.8. The van der Waals surface area contributed by atoms with Gasteiger partial charge in [-0.2, -0.15) is 0 Å². The van der Waals surface area contributed by atoms with Gasteiger partial charge in [-0.05, 0) is 42.5 Å². The molecule has 0 spiro atoms. The van der Waals surface area contributed by atoms with E-state index in [1.54, 1.807) is 23.1 Å². The van der Waals surface area contributed by atoms with E-state index in [9.17, 15) is 4.79 Å². The molecule has 1 unspecified atom stereocenters. The average Bonchev–Trinajstić information content (AvgIpc) is 2.53. The Morgan fingerprint density at radius 3 is 2.86 bits per heavy atom. The van der Waals surface area contributed by atoms with Gasteiger partial charge in [0.15, 0.2) is 0 Å². The summed E-state index contributed by atoms with van der Waals surface area (Å²) >= 11 is 5.88. The fraction of sp³-hybridized carbons (Fsp3) is 0.294. The normalized spacial score (nSPS) is 17.1. The molecule has 3 nitrogen and oxygen atoms in total. The topological polar surface area (TPSA) is 33.2 Å². The van der Waals surface area contributed by atoms with E-state index >= 15 is 0 Å². The SMILES string of the molecule is CN(C(=O)c1cccc(Cl)n1)C1CCCc2ccccc21. The Kier molecular flexibility index (Phi) is 3.93. The lowest BCUT2D eigenvalue weighted by atomic mass is 9.87. The highest BCUT2D eigenvalue weighted by atomic mass is 35.5. The molecule has 1 amide bonds. The van der Waals surface area contributed by atoms with Crippen molar-refractivity contribution in [3.05, 3.63) is 64.4 Å². The first-order chi connectivity index (χ1) is 10.2. The van der Waals surface area contributed by atoms with Crippen LogP contribution in [0.1, 0.15) is 40.5 Å². The maximum atomic E-state index is 12.6. The van der Waals surface area contributed by atoms with E-state index in [-0.39, 0.29) is 11.9 Å². The van der Waals surface area contributed by atoms with Crippen molar-refractivity contribution in [2.45, 2.75) is 25.3 Å². The zero-order valence-electron chi connectivity index (χ0n) is 11.9. The Hall–Kier alpha value is -1.87. The number of pyridine rings is 1. The van der Waals surface area contributed by atoms with Crippen LogP contribution in [0, 0.1) is 0 Å². The van der Waals surface area contributed by atoms with Crippen LogP contribution in [-0.4, -0.2) is 22.8 Å². The second-order valence-corrected chi connectivity index (χ2v) is 5.76. The summed E-state index contributed by atoms with van der Waals surface area (Å²) in [6.07, 6.45) is 3.17. The number of carbonyl (C=O) groups is 1. The minimum atomic E-state index is -0.0841. The molecule has 1 aromatic carbocycles. The maximum Gasteiger partial charge on any atom is 0.272 e. The van der Waals surface area contributed by atoms with Crippen LogP contribution in [0.15, 0.2) is 42.5 Å². The lowest BCUT2D eigenvalue weighted by Crippen LogP contribution is -2.33. The molecule has 108 valence electrons. The van der Waals surface area contributed by atoms with Crippen molar-refractivity contribution in [3.8, 4) is 0 Å². The summed E-state index contributed by atoms with van der Waals surface area (Å²) in [5.41, 5.74) is 2.99. The molecule has 1 aliphatic rings. The third-order valence-electron chi connectivity index (χ3n) is 4.06. The van der Waals surface area contributed by atoms with Crippen LogP contribution in [0.3, 0.4) is 0 Å². The van der Waals surface area contributed by atoms with Crippen molar-refractivity contribution in [3.63, 3.8) is 0 Å². The molecule has 1 atom stereocenters. The number of aryl methyl sites for hydroxylation is 1.